The van der Waals surface area contributed by atoms with Crippen molar-refractivity contribution in [3.8, 4) is 0 Å². The number of aliphatic hydroxyl groups excluding tert-OH is 1. The van der Waals surface area contributed by atoms with Crippen LogP contribution in [0.15, 0.2) is 24.3 Å². The summed E-state index contributed by atoms with van der Waals surface area (Å²) in [6.45, 7) is 3.28. The average Bonchev–Trinajstić information content (AvgIpc) is 2.41. The summed E-state index contributed by atoms with van der Waals surface area (Å²) >= 11 is 0. The zero-order valence-electron chi connectivity index (χ0n) is 11.4. The molecule has 1 aromatic carbocycles. The number of β-amino-alcohol motifs (C(OH)–C–C–N with tert-alkyl or cyclic N) is 1. The Morgan fingerprint density at radius 1 is 1.47 bits per heavy atom. The molecule has 1 atom stereocenters. The van der Waals surface area contributed by atoms with E-state index in [1.54, 1.807) is 4.90 Å². The molecule has 1 aromatic rings. The number of hydrogen-bond acceptors (Lipinski definition) is 2. The lowest BCUT2D eigenvalue weighted by atomic mass is 10.1. The highest BCUT2D eigenvalue weighted by Crippen LogP contribution is 2.18. The highest BCUT2D eigenvalue weighted by atomic mass is 16.3. The van der Waals surface area contributed by atoms with Crippen molar-refractivity contribution < 1.29 is 9.90 Å². The van der Waals surface area contributed by atoms with Gasteiger partial charge in [0.05, 0.1) is 6.10 Å². The molecule has 2 rings (SSSR count). The monoisotopic (exact) mass is 262 g/mol. The van der Waals surface area contributed by atoms with Crippen LogP contribution in [0.1, 0.15) is 31.7 Å². The third kappa shape index (κ3) is 3.70. The largest absolute Gasteiger partial charge is 0.391 e. The van der Waals surface area contributed by atoms with Crippen LogP contribution in [0.5, 0.6) is 0 Å². The van der Waals surface area contributed by atoms with Gasteiger partial charge in [-0.25, -0.2) is 4.79 Å². The number of urea groups is 1. The maximum absolute atomic E-state index is 12.2. The van der Waals surface area contributed by atoms with Crippen LogP contribution in [0.4, 0.5) is 10.5 Å². The number of rotatable bonds is 3. The molecule has 2 amide bonds. The minimum Gasteiger partial charge on any atom is -0.391 e. The number of para-hydroxylation sites is 1. The van der Waals surface area contributed by atoms with Crippen LogP contribution >= 0.6 is 0 Å². The van der Waals surface area contributed by atoms with Crippen molar-refractivity contribution in [2.45, 2.75) is 38.7 Å². The van der Waals surface area contributed by atoms with E-state index >= 15 is 0 Å². The molecule has 1 fully saturated rings. The Hall–Kier alpha value is -1.55. The molecule has 4 heteroatoms. The summed E-state index contributed by atoms with van der Waals surface area (Å²) in [6.07, 6.45) is 3.28. The van der Waals surface area contributed by atoms with E-state index in [1.165, 1.54) is 0 Å². The second kappa shape index (κ2) is 6.57. The van der Waals surface area contributed by atoms with E-state index in [0.717, 1.165) is 43.5 Å². The zero-order chi connectivity index (χ0) is 13.7. The lowest BCUT2D eigenvalue weighted by Crippen LogP contribution is -2.44. The first-order valence-electron chi connectivity index (χ1n) is 7.02. The SMILES string of the molecule is CCCc1ccccc1NC(=O)N1CCCC(O)C1. The van der Waals surface area contributed by atoms with Gasteiger partial charge < -0.3 is 15.3 Å². The van der Waals surface area contributed by atoms with Crippen molar-refractivity contribution in [1.29, 1.82) is 0 Å². The van der Waals surface area contributed by atoms with Crippen LogP contribution < -0.4 is 5.32 Å². The third-order valence-corrected chi connectivity index (χ3v) is 3.46. The molecule has 0 spiro atoms. The fourth-order valence-electron chi connectivity index (χ4n) is 2.46. The summed E-state index contributed by atoms with van der Waals surface area (Å²) in [5.41, 5.74) is 2.05. The van der Waals surface area contributed by atoms with Crippen LogP contribution in [-0.4, -0.2) is 35.2 Å². The Labute approximate surface area is 114 Å². The number of amides is 2. The van der Waals surface area contributed by atoms with Gasteiger partial charge in [-0.3, -0.25) is 0 Å². The molecule has 4 nitrogen and oxygen atoms in total. The van der Waals surface area contributed by atoms with E-state index in [-0.39, 0.29) is 12.1 Å². The fraction of sp³-hybridized carbons (Fsp3) is 0.533. The van der Waals surface area contributed by atoms with Gasteiger partial charge in [-0.05, 0) is 30.9 Å². The molecule has 0 radical (unpaired) electrons. The second-order valence-electron chi connectivity index (χ2n) is 5.08. The number of benzene rings is 1. The number of piperidine rings is 1. The molecule has 1 heterocycles. The van der Waals surface area contributed by atoms with Gasteiger partial charge >= 0.3 is 6.03 Å². The van der Waals surface area contributed by atoms with Crippen LogP contribution in [-0.2, 0) is 6.42 Å². The highest BCUT2D eigenvalue weighted by Gasteiger charge is 2.22. The topological polar surface area (TPSA) is 52.6 Å². The molecule has 1 saturated heterocycles. The molecule has 1 aliphatic heterocycles. The molecule has 0 bridgehead atoms. The van der Waals surface area contributed by atoms with Gasteiger partial charge in [0.25, 0.3) is 0 Å². The predicted octanol–water partition coefficient (Wildman–Crippen LogP) is 2.63. The second-order valence-corrected chi connectivity index (χ2v) is 5.08. The summed E-state index contributed by atoms with van der Waals surface area (Å²) in [5, 5.41) is 12.6. The van der Waals surface area contributed by atoms with Crippen molar-refractivity contribution in [1.82, 2.24) is 4.90 Å². The van der Waals surface area contributed by atoms with E-state index < -0.39 is 0 Å². The van der Waals surface area contributed by atoms with E-state index in [9.17, 15) is 9.90 Å². The lowest BCUT2D eigenvalue weighted by Gasteiger charge is -2.30. The maximum atomic E-state index is 12.2. The Morgan fingerprint density at radius 2 is 2.26 bits per heavy atom. The van der Waals surface area contributed by atoms with Crippen LogP contribution in [0.2, 0.25) is 0 Å². The van der Waals surface area contributed by atoms with Crippen molar-refractivity contribution >= 4 is 11.7 Å². The fourth-order valence-corrected chi connectivity index (χ4v) is 2.46. The maximum Gasteiger partial charge on any atom is 0.321 e. The van der Waals surface area contributed by atoms with Gasteiger partial charge in [0.15, 0.2) is 0 Å². The van der Waals surface area contributed by atoms with Gasteiger partial charge in [0.2, 0.25) is 0 Å². The molecule has 0 aromatic heterocycles. The molecule has 1 aliphatic rings. The zero-order valence-corrected chi connectivity index (χ0v) is 11.4. The summed E-state index contributed by atoms with van der Waals surface area (Å²) in [7, 11) is 0. The van der Waals surface area contributed by atoms with Crippen molar-refractivity contribution in [2.75, 3.05) is 18.4 Å². The smallest absolute Gasteiger partial charge is 0.321 e. The van der Waals surface area contributed by atoms with Gasteiger partial charge in [-0.2, -0.15) is 0 Å². The van der Waals surface area contributed by atoms with E-state index in [0.29, 0.717) is 6.54 Å². The first-order chi connectivity index (χ1) is 9.20. The minimum atomic E-state index is -0.384. The van der Waals surface area contributed by atoms with Gasteiger partial charge in [0.1, 0.15) is 0 Å². The normalized spacial score (nSPS) is 19.3. The van der Waals surface area contributed by atoms with Crippen molar-refractivity contribution in [3.63, 3.8) is 0 Å². The third-order valence-electron chi connectivity index (χ3n) is 3.46. The molecular formula is C15H22N2O2. The number of hydrogen-bond donors (Lipinski definition) is 2. The predicted molar refractivity (Wildman–Crippen MR) is 76.3 cm³/mol. The Morgan fingerprint density at radius 3 is 3.00 bits per heavy atom. The van der Waals surface area contributed by atoms with E-state index in [1.807, 2.05) is 24.3 Å². The molecule has 19 heavy (non-hydrogen) atoms. The number of nitrogens with one attached hydrogen (secondary N) is 1. The van der Waals surface area contributed by atoms with Gasteiger partial charge in [-0.15, -0.1) is 0 Å². The first-order valence-corrected chi connectivity index (χ1v) is 7.02. The van der Waals surface area contributed by atoms with E-state index in [4.69, 9.17) is 0 Å². The average molecular weight is 262 g/mol. The molecule has 1 unspecified atom stereocenters. The quantitative estimate of drug-likeness (QED) is 0.879. The summed E-state index contributed by atoms with van der Waals surface area (Å²) in [6, 6.07) is 7.79. The Bertz CT molecular complexity index is 434. The van der Waals surface area contributed by atoms with Crippen LogP contribution in [0.3, 0.4) is 0 Å². The van der Waals surface area contributed by atoms with Crippen molar-refractivity contribution in [3.05, 3.63) is 29.8 Å². The van der Waals surface area contributed by atoms with Crippen LogP contribution in [0, 0.1) is 0 Å². The lowest BCUT2D eigenvalue weighted by molar-refractivity contribution is 0.0883. The molecular weight excluding hydrogens is 240 g/mol. The summed E-state index contributed by atoms with van der Waals surface area (Å²) in [5.74, 6) is 0. The van der Waals surface area contributed by atoms with Gasteiger partial charge in [0, 0.05) is 18.8 Å². The number of nitrogens with zero attached hydrogens (tertiary/aromatic N) is 1. The van der Waals surface area contributed by atoms with Gasteiger partial charge in [-0.1, -0.05) is 31.5 Å². The minimum absolute atomic E-state index is 0.109. The van der Waals surface area contributed by atoms with Crippen molar-refractivity contribution in [2.24, 2.45) is 0 Å². The molecule has 0 saturated carbocycles. The number of aliphatic hydroxyl groups is 1. The number of likely N-dealkylation sites (tertiary alicyclic amines) is 1. The number of carbonyl (C=O) groups excluding carboxylic acids is 1. The standard InChI is InChI=1S/C15H22N2O2/c1-2-6-12-7-3-4-9-14(12)16-15(19)17-10-5-8-13(18)11-17/h3-4,7,9,13,18H,2,5-6,8,10-11H2,1H3,(H,16,19). The number of anilines is 1. The van der Waals surface area contributed by atoms with Crippen LogP contribution in [0.25, 0.3) is 0 Å². The van der Waals surface area contributed by atoms with E-state index in [2.05, 4.69) is 12.2 Å². The summed E-state index contributed by atoms with van der Waals surface area (Å²) in [4.78, 5) is 13.9. The Balaban J connectivity index is 2.02. The number of carbonyl (C=O) groups is 1. The first kappa shape index (κ1) is 13.9. The molecule has 104 valence electrons. The molecule has 0 aliphatic carbocycles. The number of aryl methyl sites for hydroxylation is 1. The Kier molecular flexibility index (Phi) is 4.80. The highest BCUT2D eigenvalue weighted by molar-refractivity contribution is 5.90. The summed E-state index contributed by atoms with van der Waals surface area (Å²) < 4.78 is 0. The molecule has 2 N–H and O–H groups in total.